The van der Waals surface area contributed by atoms with E-state index in [9.17, 15) is 0 Å². The van der Waals surface area contributed by atoms with Crippen LogP contribution < -0.4 is 0 Å². The minimum Gasteiger partial charge on any atom is -0.381 e. The quantitative estimate of drug-likeness (QED) is 0.592. The van der Waals surface area contributed by atoms with Crippen molar-refractivity contribution in [3.8, 4) is 0 Å². The van der Waals surface area contributed by atoms with Crippen molar-refractivity contribution in [2.24, 2.45) is 0 Å². The monoisotopic (exact) mass is 185 g/mol. The van der Waals surface area contributed by atoms with Gasteiger partial charge in [0, 0.05) is 19.8 Å². The Morgan fingerprint density at radius 1 is 1.15 bits per heavy atom. The number of rotatable bonds is 6. The first kappa shape index (κ1) is 11.0. The molecule has 13 heavy (non-hydrogen) atoms. The van der Waals surface area contributed by atoms with Gasteiger partial charge in [0.25, 0.3) is 0 Å². The summed E-state index contributed by atoms with van der Waals surface area (Å²) in [5.74, 6) is 0. The molecule has 1 saturated heterocycles. The topological polar surface area (TPSA) is 18.5 Å². The lowest BCUT2D eigenvalue weighted by molar-refractivity contribution is -0.0326. The first-order valence-electron chi connectivity index (χ1n) is 5.42. The van der Waals surface area contributed by atoms with Gasteiger partial charge in [-0.1, -0.05) is 26.2 Å². The third kappa shape index (κ3) is 5.27. The van der Waals surface area contributed by atoms with Crippen molar-refractivity contribution in [3.05, 3.63) is 6.92 Å². The minimum absolute atomic E-state index is 0.466. The van der Waals surface area contributed by atoms with Crippen LogP contribution in [-0.4, -0.2) is 25.9 Å². The van der Waals surface area contributed by atoms with Gasteiger partial charge in [0.2, 0.25) is 0 Å². The molecule has 2 nitrogen and oxygen atoms in total. The molecule has 0 N–H and O–H groups in total. The molecule has 1 heterocycles. The molecule has 0 unspecified atom stereocenters. The average molecular weight is 185 g/mol. The average Bonchev–Trinajstić information content (AvgIpc) is 2.19. The molecule has 1 radical (unpaired) electrons. The van der Waals surface area contributed by atoms with Crippen LogP contribution in [0, 0.1) is 6.92 Å². The molecule has 0 aromatic carbocycles. The summed E-state index contributed by atoms with van der Waals surface area (Å²) in [6.45, 7) is 6.49. The van der Waals surface area contributed by atoms with E-state index in [2.05, 4.69) is 6.92 Å². The summed E-state index contributed by atoms with van der Waals surface area (Å²) in [5.41, 5.74) is 0. The summed E-state index contributed by atoms with van der Waals surface area (Å²) in [5, 5.41) is 0. The number of ether oxygens (including phenoxy) is 2. The molecule has 1 aliphatic rings. The van der Waals surface area contributed by atoms with Gasteiger partial charge < -0.3 is 9.47 Å². The first-order valence-corrected chi connectivity index (χ1v) is 5.42. The predicted molar refractivity (Wildman–Crippen MR) is 53.6 cm³/mol. The fourth-order valence-electron chi connectivity index (χ4n) is 1.55. The fourth-order valence-corrected chi connectivity index (χ4v) is 1.55. The lowest BCUT2D eigenvalue weighted by Crippen LogP contribution is -2.23. The Balaban J connectivity index is 1.86. The van der Waals surface area contributed by atoms with Crippen LogP contribution in [0.2, 0.25) is 0 Å². The standard InChI is InChI=1S/C11H21O2/c1-2-3-4-5-8-13-11-6-9-12-10-7-11/h11H,1-10H2. The van der Waals surface area contributed by atoms with Crippen molar-refractivity contribution in [2.75, 3.05) is 19.8 Å². The smallest absolute Gasteiger partial charge is 0.0619 e. The molecule has 1 fully saturated rings. The number of unbranched alkanes of at least 4 members (excludes halogenated alkanes) is 3. The second-order valence-corrected chi connectivity index (χ2v) is 3.60. The normalized spacial score (nSPS) is 19.2. The minimum atomic E-state index is 0.466. The third-order valence-electron chi connectivity index (χ3n) is 2.42. The summed E-state index contributed by atoms with van der Waals surface area (Å²) < 4.78 is 11.0. The van der Waals surface area contributed by atoms with Crippen molar-refractivity contribution in [1.29, 1.82) is 0 Å². The molecular weight excluding hydrogens is 164 g/mol. The van der Waals surface area contributed by atoms with E-state index >= 15 is 0 Å². The van der Waals surface area contributed by atoms with E-state index in [4.69, 9.17) is 9.47 Å². The van der Waals surface area contributed by atoms with Crippen molar-refractivity contribution in [1.82, 2.24) is 0 Å². The van der Waals surface area contributed by atoms with Gasteiger partial charge in [-0.25, -0.2) is 0 Å². The van der Waals surface area contributed by atoms with Gasteiger partial charge in [0.1, 0.15) is 0 Å². The highest BCUT2D eigenvalue weighted by Crippen LogP contribution is 2.11. The Hall–Kier alpha value is -0.0800. The molecular formula is C11H21O2. The van der Waals surface area contributed by atoms with E-state index in [0.29, 0.717) is 6.10 Å². The lowest BCUT2D eigenvalue weighted by Gasteiger charge is -2.22. The maximum Gasteiger partial charge on any atom is 0.0619 e. The summed E-state index contributed by atoms with van der Waals surface area (Å²) in [6, 6.07) is 0. The Labute approximate surface area is 81.6 Å². The molecule has 77 valence electrons. The van der Waals surface area contributed by atoms with Crippen LogP contribution in [0.1, 0.15) is 38.5 Å². The van der Waals surface area contributed by atoms with Gasteiger partial charge in [0.05, 0.1) is 6.10 Å². The molecule has 1 rings (SSSR count). The molecule has 0 aliphatic carbocycles. The van der Waals surface area contributed by atoms with Crippen LogP contribution in [0.4, 0.5) is 0 Å². The van der Waals surface area contributed by atoms with Crippen molar-refractivity contribution in [3.63, 3.8) is 0 Å². The first-order chi connectivity index (χ1) is 6.43. The van der Waals surface area contributed by atoms with Crippen molar-refractivity contribution >= 4 is 0 Å². The van der Waals surface area contributed by atoms with Crippen LogP contribution in [-0.2, 0) is 9.47 Å². The SMILES string of the molecule is [CH2]CCCCCOC1CCOCC1. The van der Waals surface area contributed by atoms with Gasteiger partial charge in [0.15, 0.2) is 0 Å². The van der Waals surface area contributed by atoms with E-state index in [1.54, 1.807) is 0 Å². The fraction of sp³-hybridized carbons (Fsp3) is 0.909. The maximum absolute atomic E-state index is 5.73. The van der Waals surface area contributed by atoms with Crippen molar-refractivity contribution < 1.29 is 9.47 Å². The van der Waals surface area contributed by atoms with Crippen LogP contribution in [0.25, 0.3) is 0 Å². The number of hydrogen-bond donors (Lipinski definition) is 0. The Bertz CT molecular complexity index is 109. The molecule has 1 aliphatic heterocycles. The summed E-state index contributed by atoms with van der Waals surface area (Å²) in [4.78, 5) is 0. The van der Waals surface area contributed by atoms with Crippen LogP contribution >= 0.6 is 0 Å². The zero-order valence-electron chi connectivity index (χ0n) is 8.46. The molecule has 0 saturated carbocycles. The van der Waals surface area contributed by atoms with E-state index in [0.717, 1.165) is 39.1 Å². The molecule has 2 heteroatoms. The lowest BCUT2D eigenvalue weighted by atomic mass is 10.1. The highest BCUT2D eigenvalue weighted by atomic mass is 16.5. The van der Waals surface area contributed by atoms with E-state index in [1.807, 2.05) is 0 Å². The highest BCUT2D eigenvalue weighted by Gasteiger charge is 2.13. The zero-order chi connectivity index (χ0) is 9.36. The van der Waals surface area contributed by atoms with E-state index in [1.165, 1.54) is 19.3 Å². The summed E-state index contributed by atoms with van der Waals surface area (Å²) in [6.07, 6.45) is 7.35. The van der Waals surface area contributed by atoms with Crippen LogP contribution in [0.5, 0.6) is 0 Å². The molecule has 0 amide bonds. The van der Waals surface area contributed by atoms with E-state index < -0.39 is 0 Å². The second-order valence-electron chi connectivity index (χ2n) is 3.60. The molecule has 0 aromatic heterocycles. The number of hydrogen-bond acceptors (Lipinski definition) is 2. The summed E-state index contributed by atoms with van der Waals surface area (Å²) >= 11 is 0. The molecule has 0 aromatic rings. The van der Waals surface area contributed by atoms with E-state index in [-0.39, 0.29) is 0 Å². The maximum atomic E-state index is 5.73. The molecule has 0 atom stereocenters. The largest absolute Gasteiger partial charge is 0.381 e. The van der Waals surface area contributed by atoms with Crippen LogP contribution in [0.15, 0.2) is 0 Å². The molecule has 0 spiro atoms. The van der Waals surface area contributed by atoms with Crippen molar-refractivity contribution in [2.45, 2.75) is 44.6 Å². The van der Waals surface area contributed by atoms with Gasteiger partial charge in [-0.2, -0.15) is 0 Å². The Kier molecular flexibility index (Phi) is 6.21. The summed E-state index contributed by atoms with van der Waals surface area (Å²) in [7, 11) is 0. The van der Waals surface area contributed by atoms with Gasteiger partial charge in [-0.3, -0.25) is 0 Å². The Morgan fingerprint density at radius 2 is 1.92 bits per heavy atom. The predicted octanol–water partition coefficient (Wildman–Crippen LogP) is 2.58. The third-order valence-corrected chi connectivity index (χ3v) is 2.42. The van der Waals surface area contributed by atoms with Gasteiger partial charge in [-0.15, -0.1) is 0 Å². The van der Waals surface area contributed by atoms with Crippen LogP contribution in [0.3, 0.4) is 0 Å². The highest BCUT2D eigenvalue weighted by molar-refractivity contribution is 4.62. The molecule has 0 bridgehead atoms. The second kappa shape index (κ2) is 7.34. The Morgan fingerprint density at radius 3 is 2.62 bits per heavy atom. The zero-order valence-corrected chi connectivity index (χ0v) is 8.46. The van der Waals surface area contributed by atoms with Gasteiger partial charge >= 0.3 is 0 Å². The van der Waals surface area contributed by atoms with Gasteiger partial charge in [-0.05, 0) is 19.3 Å².